The number of amides is 2. The van der Waals surface area contributed by atoms with Crippen LogP contribution in [0.1, 0.15) is 0 Å². The smallest absolute Gasteiger partial charge is 0.234 e. The van der Waals surface area contributed by atoms with Crippen LogP contribution in [0.5, 0.6) is 5.75 Å². The number of hydrogen-bond acceptors (Lipinski definition) is 4. The summed E-state index contributed by atoms with van der Waals surface area (Å²) < 4.78 is 5.05. The fraction of sp³-hybridized carbons (Fsp3) is 0.176. The van der Waals surface area contributed by atoms with Crippen LogP contribution in [-0.4, -0.2) is 30.4 Å². The highest BCUT2D eigenvalue weighted by atomic mass is 35.5. The van der Waals surface area contributed by atoms with Crippen molar-refractivity contribution in [2.75, 3.05) is 29.2 Å². The van der Waals surface area contributed by atoms with E-state index >= 15 is 0 Å². The van der Waals surface area contributed by atoms with Crippen LogP contribution in [0.3, 0.4) is 0 Å². The molecule has 2 amide bonds. The zero-order chi connectivity index (χ0) is 17.4. The molecule has 0 aliphatic carbocycles. The number of rotatable bonds is 7. The molecule has 0 radical (unpaired) electrons. The molecule has 0 bridgehead atoms. The van der Waals surface area contributed by atoms with E-state index in [2.05, 4.69) is 10.6 Å². The summed E-state index contributed by atoms with van der Waals surface area (Å²) in [5, 5.41) is 5.91. The van der Waals surface area contributed by atoms with Crippen LogP contribution in [0, 0.1) is 0 Å². The van der Waals surface area contributed by atoms with Gasteiger partial charge in [-0.1, -0.05) is 29.8 Å². The van der Waals surface area contributed by atoms with Crippen molar-refractivity contribution in [2.24, 2.45) is 0 Å². The summed E-state index contributed by atoms with van der Waals surface area (Å²) in [4.78, 5) is 23.7. The van der Waals surface area contributed by atoms with E-state index in [4.69, 9.17) is 16.3 Å². The van der Waals surface area contributed by atoms with Gasteiger partial charge in [-0.25, -0.2) is 0 Å². The number of methoxy groups -OCH3 is 1. The second kappa shape index (κ2) is 9.20. The van der Waals surface area contributed by atoms with Gasteiger partial charge in [0.2, 0.25) is 11.8 Å². The van der Waals surface area contributed by atoms with E-state index in [1.165, 1.54) is 18.9 Å². The quantitative estimate of drug-likeness (QED) is 0.786. The van der Waals surface area contributed by atoms with Crippen LogP contribution in [0.2, 0.25) is 5.02 Å². The molecule has 5 nitrogen and oxygen atoms in total. The van der Waals surface area contributed by atoms with Crippen LogP contribution >= 0.6 is 23.4 Å². The van der Waals surface area contributed by atoms with Crippen molar-refractivity contribution < 1.29 is 14.3 Å². The number of hydrogen-bond donors (Lipinski definition) is 2. The standard InChI is InChI=1S/C17H17ClN2O3S/c1-23-15-8-7-13(9-14(15)18)20-17(22)11-24-10-16(21)19-12-5-3-2-4-6-12/h2-9H,10-11H2,1H3,(H,19,21)(H,20,22). The van der Waals surface area contributed by atoms with Gasteiger partial charge in [0, 0.05) is 11.4 Å². The Labute approximate surface area is 149 Å². The maximum Gasteiger partial charge on any atom is 0.234 e. The van der Waals surface area contributed by atoms with E-state index in [1.807, 2.05) is 30.3 Å². The lowest BCUT2D eigenvalue weighted by atomic mass is 10.3. The van der Waals surface area contributed by atoms with E-state index in [1.54, 1.807) is 18.2 Å². The Kier molecular flexibility index (Phi) is 6.96. The van der Waals surface area contributed by atoms with Crippen LogP contribution in [0.15, 0.2) is 48.5 Å². The molecule has 2 aromatic rings. The van der Waals surface area contributed by atoms with Crippen molar-refractivity contribution in [1.82, 2.24) is 0 Å². The third-order valence-electron chi connectivity index (χ3n) is 2.96. The number of halogens is 1. The van der Waals surface area contributed by atoms with E-state index in [-0.39, 0.29) is 23.3 Å². The molecule has 0 unspecified atom stereocenters. The summed E-state index contributed by atoms with van der Waals surface area (Å²) in [7, 11) is 1.52. The average Bonchev–Trinajstić information content (AvgIpc) is 2.56. The molecule has 24 heavy (non-hydrogen) atoms. The SMILES string of the molecule is COc1ccc(NC(=O)CSCC(=O)Nc2ccccc2)cc1Cl. The monoisotopic (exact) mass is 364 g/mol. The molecule has 0 heterocycles. The first kappa shape index (κ1) is 18.2. The summed E-state index contributed by atoms with van der Waals surface area (Å²) in [6, 6.07) is 14.2. The van der Waals surface area contributed by atoms with Crippen LogP contribution in [0.25, 0.3) is 0 Å². The van der Waals surface area contributed by atoms with E-state index in [0.29, 0.717) is 16.5 Å². The predicted molar refractivity (Wildman–Crippen MR) is 99.0 cm³/mol. The number of anilines is 2. The molecule has 0 spiro atoms. The van der Waals surface area contributed by atoms with E-state index in [0.717, 1.165) is 5.69 Å². The maximum atomic E-state index is 11.9. The Morgan fingerprint density at radius 2 is 1.62 bits per heavy atom. The second-order valence-corrected chi connectivity index (χ2v) is 6.20. The molecule has 2 aromatic carbocycles. The highest BCUT2D eigenvalue weighted by molar-refractivity contribution is 8.00. The van der Waals surface area contributed by atoms with Gasteiger partial charge in [-0.05, 0) is 30.3 Å². The topological polar surface area (TPSA) is 67.4 Å². The Morgan fingerprint density at radius 1 is 1.00 bits per heavy atom. The van der Waals surface area contributed by atoms with Gasteiger partial charge in [-0.15, -0.1) is 11.8 Å². The van der Waals surface area contributed by atoms with Gasteiger partial charge in [0.05, 0.1) is 23.6 Å². The van der Waals surface area contributed by atoms with Crippen molar-refractivity contribution in [3.63, 3.8) is 0 Å². The van der Waals surface area contributed by atoms with Crippen LogP contribution in [0.4, 0.5) is 11.4 Å². The Morgan fingerprint density at radius 3 is 2.21 bits per heavy atom. The number of ether oxygens (including phenoxy) is 1. The number of nitrogens with one attached hydrogen (secondary N) is 2. The molecule has 0 aromatic heterocycles. The number of para-hydroxylation sites is 1. The minimum atomic E-state index is -0.200. The van der Waals surface area contributed by atoms with E-state index in [9.17, 15) is 9.59 Å². The zero-order valence-corrected chi connectivity index (χ0v) is 14.6. The molecule has 7 heteroatoms. The second-order valence-electron chi connectivity index (χ2n) is 4.80. The third kappa shape index (κ3) is 5.79. The molecular weight excluding hydrogens is 348 g/mol. The predicted octanol–water partition coefficient (Wildman–Crippen LogP) is 3.66. The van der Waals surface area contributed by atoms with Gasteiger partial charge in [-0.2, -0.15) is 0 Å². The Bertz CT molecular complexity index is 710. The lowest BCUT2D eigenvalue weighted by Crippen LogP contribution is -2.18. The number of carbonyl (C=O) groups excluding carboxylic acids is 2. The molecule has 0 aliphatic rings. The first-order valence-corrected chi connectivity index (χ1v) is 8.68. The van der Waals surface area contributed by atoms with Gasteiger partial charge in [0.25, 0.3) is 0 Å². The minimum absolute atomic E-state index is 0.147. The van der Waals surface area contributed by atoms with Gasteiger partial charge in [-0.3, -0.25) is 9.59 Å². The number of thioether (sulfide) groups is 1. The van der Waals surface area contributed by atoms with Gasteiger partial charge in [0.1, 0.15) is 5.75 Å². The van der Waals surface area contributed by atoms with E-state index < -0.39 is 0 Å². The largest absolute Gasteiger partial charge is 0.495 e. The zero-order valence-electron chi connectivity index (χ0n) is 13.0. The first-order valence-electron chi connectivity index (χ1n) is 7.14. The maximum absolute atomic E-state index is 11.9. The Balaban J connectivity index is 1.73. The van der Waals surface area contributed by atoms with Crippen molar-refractivity contribution in [3.8, 4) is 5.75 Å². The minimum Gasteiger partial charge on any atom is -0.495 e. The molecule has 0 atom stereocenters. The normalized spacial score (nSPS) is 10.1. The van der Waals surface area contributed by atoms with Gasteiger partial charge >= 0.3 is 0 Å². The molecule has 126 valence electrons. The summed E-state index contributed by atoms with van der Waals surface area (Å²) in [6.07, 6.45) is 0. The molecular formula is C17H17ClN2O3S. The van der Waals surface area contributed by atoms with Crippen LogP contribution < -0.4 is 15.4 Å². The van der Waals surface area contributed by atoms with Gasteiger partial charge < -0.3 is 15.4 Å². The van der Waals surface area contributed by atoms with Crippen molar-refractivity contribution in [2.45, 2.75) is 0 Å². The van der Waals surface area contributed by atoms with Crippen molar-refractivity contribution in [3.05, 3.63) is 53.6 Å². The molecule has 0 aliphatic heterocycles. The lowest BCUT2D eigenvalue weighted by Gasteiger charge is -2.08. The molecule has 0 fully saturated rings. The molecule has 2 N–H and O–H groups in total. The summed E-state index contributed by atoms with van der Waals surface area (Å²) in [5.74, 6) is 0.569. The fourth-order valence-electron chi connectivity index (χ4n) is 1.90. The summed E-state index contributed by atoms with van der Waals surface area (Å²) >= 11 is 7.24. The number of carbonyl (C=O) groups is 2. The van der Waals surface area contributed by atoms with Crippen LogP contribution in [-0.2, 0) is 9.59 Å². The van der Waals surface area contributed by atoms with Gasteiger partial charge in [0.15, 0.2) is 0 Å². The average molecular weight is 365 g/mol. The highest BCUT2D eigenvalue weighted by Crippen LogP contribution is 2.27. The fourth-order valence-corrected chi connectivity index (χ4v) is 2.77. The number of benzene rings is 2. The highest BCUT2D eigenvalue weighted by Gasteiger charge is 2.08. The Hall–Kier alpha value is -2.18. The van der Waals surface area contributed by atoms with Crippen molar-refractivity contribution >= 4 is 46.6 Å². The lowest BCUT2D eigenvalue weighted by molar-refractivity contribution is -0.114. The molecule has 0 saturated carbocycles. The molecule has 0 saturated heterocycles. The summed E-state index contributed by atoms with van der Waals surface area (Å²) in [6.45, 7) is 0. The summed E-state index contributed by atoms with van der Waals surface area (Å²) in [5.41, 5.74) is 1.32. The first-order chi connectivity index (χ1) is 11.6. The van der Waals surface area contributed by atoms with Crippen molar-refractivity contribution in [1.29, 1.82) is 0 Å². The molecule has 2 rings (SSSR count). The third-order valence-corrected chi connectivity index (χ3v) is 4.19.